The van der Waals surface area contributed by atoms with Gasteiger partial charge >= 0.3 is 0 Å². The number of carbonyl (C=O) groups excluding carboxylic acids is 2. The van der Waals surface area contributed by atoms with Crippen LogP contribution in [0.25, 0.3) is 0 Å². The van der Waals surface area contributed by atoms with Crippen molar-refractivity contribution in [3.05, 3.63) is 18.0 Å². The third-order valence-electron chi connectivity index (χ3n) is 4.21. The molecular weight excluding hydrogens is 310 g/mol. The van der Waals surface area contributed by atoms with Crippen LogP contribution in [0.4, 0.5) is 5.95 Å². The van der Waals surface area contributed by atoms with Gasteiger partial charge in [0.25, 0.3) is 5.91 Å². The van der Waals surface area contributed by atoms with E-state index >= 15 is 0 Å². The highest BCUT2D eigenvalue weighted by molar-refractivity contribution is 5.93. The maximum atomic E-state index is 12.5. The molecule has 8 nitrogen and oxygen atoms in total. The maximum Gasteiger partial charge on any atom is 0.272 e. The topological polar surface area (TPSA) is 78.9 Å². The van der Waals surface area contributed by atoms with Crippen LogP contribution >= 0.6 is 0 Å². The molecule has 1 aromatic rings. The van der Waals surface area contributed by atoms with Crippen molar-refractivity contribution in [3.63, 3.8) is 0 Å². The molecule has 2 amide bonds. The molecule has 0 N–H and O–H groups in total. The summed E-state index contributed by atoms with van der Waals surface area (Å²) in [4.78, 5) is 37.4. The Balaban J connectivity index is 1.59. The van der Waals surface area contributed by atoms with Crippen LogP contribution in [0.15, 0.2) is 12.3 Å². The Morgan fingerprint density at radius 3 is 2.62 bits per heavy atom. The molecule has 0 spiro atoms. The number of rotatable bonds is 5. The largest absolute Gasteiger partial charge is 0.372 e. The zero-order valence-electron chi connectivity index (χ0n) is 14.1. The Hall–Kier alpha value is -2.22. The Kier molecular flexibility index (Phi) is 4.94. The highest BCUT2D eigenvalue weighted by Crippen LogP contribution is 2.18. The third kappa shape index (κ3) is 3.64. The van der Waals surface area contributed by atoms with Gasteiger partial charge < -0.3 is 19.4 Å². The van der Waals surface area contributed by atoms with Crippen LogP contribution in [0, 0.1) is 0 Å². The maximum absolute atomic E-state index is 12.5. The monoisotopic (exact) mass is 333 g/mol. The van der Waals surface area contributed by atoms with Gasteiger partial charge in [0, 0.05) is 45.5 Å². The van der Waals surface area contributed by atoms with Crippen molar-refractivity contribution >= 4 is 18.3 Å². The second-order valence-corrected chi connectivity index (χ2v) is 6.39. The van der Waals surface area contributed by atoms with E-state index in [2.05, 4.69) is 9.97 Å². The number of ether oxygens (including phenoxy) is 1. The van der Waals surface area contributed by atoms with Crippen molar-refractivity contribution in [1.29, 1.82) is 0 Å². The zero-order valence-corrected chi connectivity index (χ0v) is 14.1. The summed E-state index contributed by atoms with van der Waals surface area (Å²) in [5, 5.41) is 0. The summed E-state index contributed by atoms with van der Waals surface area (Å²) in [6.45, 7) is 7.82. The summed E-state index contributed by atoms with van der Waals surface area (Å²) in [7, 11) is 0. The number of likely N-dealkylation sites (tertiary alicyclic amines) is 1. The van der Waals surface area contributed by atoms with Gasteiger partial charge in [-0.2, -0.15) is 0 Å². The fourth-order valence-corrected chi connectivity index (χ4v) is 2.88. The van der Waals surface area contributed by atoms with Crippen LogP contribution in [-0.2, 0) is 9.53 Å². The van der Waals surface area contributed by atoms with Crippen molar-refractivity contribution in [2.24, 2.45) is 0 Å². The number of hydrogen-bond donors (Lipinski definition) is 0. The molecule has 24 heavy (non-hydrogen) atoms. The summed E-state index contributed by atoms with van der Waals surface area (Å²) in [6, 6.07) is 1.64. The van der Waals surface area contributed by atoms with Gasteiger partial charge in [0.2, 0.25) is 12.4 Å². The molecule has 1 aromatic heterocycles. The average Bonchev–Trinajstić information content (AvgIpc) is 2.57. The lowest BCUT2D eigenvalue weighted by Crippen LogP contribution is -2.55. The fraction of sp³-hybridized carbons (Fsp3) is 0.625. The molecule has 0 atom stereocenters. The molecule has 130 valence electrons. The van der Waals surface area contributed by atoms with Crippen LogP contribution in [0.1, 0.15) is 24.3 Å². The molecular formula is C16H23N5O3. The van der Waals surface area contributed by atoms with E-state index in [1.54, 1.807) is 22.1 Å². The van der Waals surface area contributed by atoms with Crippen molar-refractivity contribution in [1.82, 2.24) is 19.8 Å². The van der Waals surface area contributed by atoms with E-state index in [4.69, 9.17) is 4.74 Å². The SMILES string of the molecule is CC(C)OC1CN(C(=O)c2ccnc(N3CCN(C=O)CC3)n2)C1. The highest BCUT2D eigenvalue weighted by atomic mass is 16.5. The molecule has 2 aliphatic rings. The number of amides is 2. The zero-order chi connectivity index (χ0) is 17.1. The van der Waals surface area contributed by atoms with Gasteiger partial charge in [-0.05, 0) is 19.9 Å². The average molecular weight is 333 g/mol. The van der Waals surface area contributed by atoms with Gasteiger partial charge in [0.1, 0.15) is 5.69 Å². The predicted octanol–water partition coefficient (Wildman–Crippen LogP) is 0.00440. The Labute approximate surface area is 141 Å². The molecule has 0 radical (unpaired) electrons. The lowest BCUT2D eigenvalue weighted by Gasteiger charge is -2.39. The van der Waals surface area contributed by atoms with E-state index < -0.39 is 0 Å². The molecule has 3 rings (SSSR count). The summed E-state index contributed by atoms with van der Waals surface area (Å²) in [5.41, 5.74) is 0.404. The van der Waals surface area contributed by atoms with Crippen LogP contribution < -0.4 is 4.90 Å². The number of hydrogen-bond acceptors (Lipinski definition) is 6. The van der Waals surface area contributed by atoms with Crippen LogP contribution in [0.5, 0.6) is 0 Å². The van der Waals surface area contributed by atoms with E-state index in [0.29, 0.717) is 50.9 Å². The minimum atomic E-state index is -0.0891. The van der Waals surface area contributed by atoms with E-state index in [1.807, 2.05) is 18.7 Å². The van der Waals surface area contributed by atoms with Crippen molar-refractivity contribution in [2.45, 2.75) is 26.1 Å². The molecule has 0 unspecified atom stereocenters. The Bertz CT molecular complexity index is 595. The normalized spacial score (nSPS) is 18.7. The number of nitrogens with zero attached hydrogens (tertiary/aromatic N) is 5. The second kappa shape index (κ2) is 7.12. The lowest BCUT2D eigenvalue weighted by molar-refractivity contribution is -0.118. The van der Waals surface area contributed by atoms with Gasteiger partial charge in [-0.1, -0.05) is 0 Å². The molecule has 0 saturated carbocycles. The van der Waals surface area contributed by atoms with E-state index in [-0.39, 0.29) is 18.1 Å². The molecule has 0 bridgehead atoms. The van der Waals surface area contributed by atoms with E-state index in [1.165, 1.54) is 0 Å². The molecule has 2 aliphatic heterocycles. The van der Waals surface area contributed by atoms with Gasteiger partial charge in [-0.3, -0.25) is 9.59 Å². The molecule has 3 heterocycles. The van der Waals surface area contributed by atoms with Gasteiger partial charge in [-0.15, -0.1) is 0 Å². The summed E-state index contributed by atoms with van der Waals surface area (Å²) in [6.07, 6.45) is 2.76. The first-order chi connectivity index (χ1) is 11.6. The minimum Gasteiger partial charge on any atom is -0.372 e. The first-order valence-electron chi connectivity index (χ1n) is 8.29. The second-order valence-electron chi connectivity index (χ2n) is 6.39. The van der Waals surface area contributed by atoms with Crippen molar-refractivity contribution in [3.8, 4) is 0 Å². The third-order valence-corrected chi connectivity index (χ3v) is 4.21. The lowest BCUT2D eigenvalue weighted by atomic mass is 10.1. The first kappa shape index (κ1) is 16.6. The molecule has 8 heteroatoms. The summed E-state index contributed by atoms with van der Waals surface area (Å²) < 4.78 is 5.67. The van der Waals surface area contributed by atoms with E-state index in [9.17, 15) is 9.59 Å². The van der Waals surface area contributed by atoms with Gasteiger partial charge in [-0.25, -0.2) is 9.97 Å². The number of piperazine rings is 1. The van der Waals surface area contributed by atoms with Crippen molar-refractivity contribution in [2.75, 3.05) is 44.2 Å². The molecule has 0 aromatic carbocycles. The van der Waals surface area contributed by atoms with Crippen LogP contribution in [0.3, 0.4) is 0 Å². The smallest absolute Gasteiger partial charge is 0.272 e. The minimum absolute atomic E-state index is 0.0891. The fourth-order valence-electron chi connectivity index (χ4n) is 2.88. The quantitative estimate of drug-likeness (QED) is 0.706. The predicted molar refractivity (Wildman–Crippen MR) is 87.8 cm³/mol. The highest BCUT2D eigenvalue weighted by Gasteiger charge is 2.33. The molecule has 2 saturated heterocycles. The molecule has 0 aliphatic carbocycles. The van der Waals surface area contributed by atoms with Crippen molar-refractivity contribution < 1.29 is 14.3 Å². The van der Waals surface area contributed by atoms with Crippen LogP contribution in [-0.4, -0.2) is 83.6 Å². The Morgan fingerprint density at radius 1 is 1.29 bits per heavy atom. The first-order valence-corrected chi connectivity index (χ1v) is 8.29. The number of anilines is 1. The summed E-state index contributed by atoms with van der Waals surface area (Å²) >= 11 is 0. The summed E-state index contributed by atoms with van der Waals surface area (Å²) in [5.74, 6) is 0.454. The van der Waals surface area contributed by atoms with Gasteiger partial charge in [0.15, 0.2) is 0 Å². The van der Waals surface area contributed by atoms with E-state index in [0.717, 1.165) is 6.41 Å². The van der Waals surface area contributed by atoms with Crippen LogP contribution in [0.2, 0.25) is 0 Å². The number of aromatic nitrogens is 2. The standard InChI is InChI=1S/C16H23N5O3/c1-12(2)24-13-9-21(10-13)15(23)14-3-4-17-16(18-14)20-7-5-19(11-22)6-8-20/h3-4,11-13H,5-10H2,1-2H3. The Morgan fingerprint density at radius 2 is 2.00 bits per heavy atom. The molecule has 2 fully saturated rings. The van der Waals surface area contributed by atoms with Gasteiger partial charge in [0.05, 0.1) is 12.2 Å². The number of carbonyl (C=O) groups is 2.